The number of phenols is 3. The Morgan fingerprint density at radius 3 is 2.25 bits per heavy atom. The van der Waals surface area contributed by atoms with Crippen LogP contribution in [-0.4, -0.2) is 154 Å². The summed E-state index contributed by atoms with van der Waals surface area (Å²) in [4.78, 5) is 56.0. The number of thiocarbonyl (C=S) groups is 1. The number of likely N-dealkylation sites (N-methyl/N-ethyl adjacent to an activating group) is 2. The van der Waals surface area contributed by atoms with Gasteiger partial charge in [-0.15, -0.1) is 0 Å². The Labute approximate surface area is 440 Å². The first-order chi connectivity index (χ1) is 35.3. The Morgan fingerprint density at radius 2 is 1.61 bits per heavy atom. The minimum Gasteiger partial charge on any atom is -0.507 e. The lowest BCUT2D eigenvalue weighted by atomic mass is 9.78. The van der Waals surface area contributed by atoms with Gasteiger partial charge in [0, 0.05) is 99.9 Å². The van der Waals surface area contributed by atoms with E-state index in [0.29, 0.717) is 18.8 Å². The summed E-state index contributed by atoms with van der Waals surface area (Å²) in [5, 5.41) is 70.8. The summed E-state index contributed by atoms with van der Waals surface area (Å²) in [6.07, 6.45) is 4.86. The van der Waals surface area contributed by atoms with Crippen molar-refractivity contribution in [3.63, 3.8) is 0 Å². The monoisotopic (exact) mass is 1060 g/mol. The number of para-hydroxylation sites is 1. The molecule has 5 aliphatic rings. The molecule has 0 saturated carbocycles. The molecule has 9 atom stereocenters. The number of aliphatic hydroxyl groups excluding tert-OH is 2. The number of ketones is 1. The third-order valence-corrected chi connectivity index (χ3v) is 14.3. The van der Waals surface area contributed by atoms with Gasteiger partial charge in [-0.3, -0.25) is 29.6 Å². The fourth-order valence-corrected chi connectivity index (χ4v) is 9.54. The number of carbonyl (C=O) groups excluding carboxylic acids is 4. The Morgan fingerprint density at radius 1 is 0.947 bits per heavy atom. The first-order valence-corrected chi connectivity index (χ1v) is 24.8. The number of esters is 1. The Balaban J connectivity index is 0.000000483. The molecular weight excluding hydrogens is 989 g/mol. The number of fused-ring (bicyclic) bond motifs is 15. The molecule has 0 spiro atoms. The molecule has 1 saturated heterocycles. The van der Waals surface area contributed by atoms with Gasteiger partial charge in [-0.05, 0) is 45.3 Å². The maximum absolute atomic E-state index is 14.4. The molecule has 2 amide bonds. The molecule has 21 nitrogen and oxygen atoms in total. The van der Waals surface area contributed by atoms with E-state index in [2.05, 4.69) is 38.1 Å². The number of amides is 2. The van der Waals surface area contributed by atoms with Crippen molar-refractivity contribution >= 4 is 75.0 Å². The standard InChI is InChI=1S/C43H58N4O12.C10H10N4OS/c1-21-12-11-13-22(2)42(55)45-33-28(20-44-47-17-15-46(9)16-18-47)37(52)30-31(38(33)53)36(51)26(6)40-32(30)41(54)43(8,59-40)57-19-14-29(56-10)23(3)39(58-27(7)48)25(5)35(50)24(4)34(21)49;1-14-7-5-3-2-4-6(7)8(9(14)15)12-13-10(11)16/h11-14,19-21,23-25,29,34-35,39,49-53H,15-18H2,1-10H3,(H,45,55);2-5H,1H3,(H3,11,13,16)/b12-11+,19-14+,22-13-,44-20+;12-8-/t21-,23+,24+,25+,29-,34-,35+,39+,43-;/m0./s1. The largest absolute Gasteiger partial charge is 0.507 e. The lowest BCUT2D eigenvalue weighted by Crippen LogP contribution is -2.46. The lowest BCUT2D eigenvalue weighted by Gasteiger charge is -2.38. The summed E-state index contributed by atoms with van der Waals surface area (Å²) >= 11 is 4.63. The molecule has 22 heteroatoms. The molecule has 5 bridgehead atoms. The van der Waals surface area contributed by atoms with E-state index in [-0.39, 0.29) is 55.5 Å². The number of Topliss-reactive ketones (excluding diaryl/α,β-unsaturated/α-hetero) is 1. The van der Waals surface area contributed by atoms with Gasteiger partial charge >= 0.3 is 11.8 Å². The van der Waals surface area contributed by atoms with E-state index in [1.54, 1.807) is 51.9 Å². The van der Waals surface area contributed by atoms with Crippen LogP contribution in [-0.2, 0) is 28.6 Å². The van der Waals surface area contributed by atoms with Crippen LogP contribution in [0.1, 0.15) is 75.5 Å². The number of methoxy groups -OCH3 is 1. The number of ether oxygens (including phenoxy) is 4. The van der Waals surface area contributed by atoms with Crippen LogP contribution in [0.5, 0.6) is 23.0 Å². The SMILES string of the molecule is CN1C(=O)/C(=N\NC(N)=S)c2ccccc21.CO[C@H]1/C=C/O[C@@]2(C)Oc3c(C)c(O)c4c(O)c(c(/C=N/N5CCN(C)CC5)c(O)c4c3C2=O)NC(=O)/C(C)=C\C=C\[C@H](C)[C@H](O)[C@@H](C)[C@@H](O)[C@@H](C)[C@H](OC(C)=O)[C@@H]1C. The molecule has 3 aromatic carbocycles. The van der Waals surface area contributed by atoms with Crippen molar-refractivity contribution < 1.29 is 63.7 Å². The molecule has 3 aromatic rings. The molecule has 404 valence electrons. The predicted octanol–water partition coefficient (Wildman–Crippen LogP) is 4.54. The zero-order valence-corrected chi connectivity index (χ0v) is 44.8. The number of nitrogens with two attached hydrogens (primary N) is 1. The van der Waals surface area contributed by atoms with Crippen molar-refractivity contribution in [2.24, 2.45) is 39.6 Å². The number of hydrogen-bond donors (Lipinski definition) is 8. The van der Waals surface area contributed by atoms with E-state index in [4.69, 9.17) is 24.7 Å². The van der Waals surface area contributed by atoms with Crippen LogP contribution in [0.3, 0.4) is 0 Å². The number of carbonyl (C=O) groups is 4. The van der Waals surface area contributed by atoms with Crippen LogP contribution in [0.4, 0.5) is 11.4 Å². The van der Waals surface area contributed by atoms with Gasteiger partial charge in [-0.25, -0.2) is 0 Å². The van der Waals surface area contributed by atoms with Gasteiger partial charge in [0.15, 0.2) is 16.6 Å². The van der Waals surface area contributed by atoms with E-state index < -0.39 is 88.8 Å². The number of anilines is 2. The Hall–Kier alpha value is -7.11. The molecule has 5 aliphatic heterocycles. The third-order valence-electron chi connectivity index (χ3n) is 14.2. The molecule has 5 heterocycles. The maximum Gasteiger partial charge on any atom is 0.312 e. The minimum absolute atomic E-state index is 0.0346. The lowest BCUT2D eigenvalue weighted by molar-refractivity contribution is -0.160. The normalized spacial score (nSPS) is 28.7. The van der Waals surface area contributed by atoms with Crippen molar-refractivity contribution in [1.82, 2.24) is 15.3 Å². The van der Waals surface area contributed by atoms with Crippen LogP contribution in [0.2, 0.25) is 0 Å². The second-order valence-electron chi connectivity index (χ2n) is 19.4. The Kier molecular flexibility index (Phi) is 18.0. The molecule has 9 N–H and O–H groups in total. The smallest absolute Gasteiger partial charge is 0.312 e. The summed E-state index contributed by atoms with van der Waals surface area (Å²) < 4.78 is 23.6. The predicted molar refractivity (Wildman–Crippen MR) is 287 cm³/mol. The maximum atomic E-state index is 14.4. The number of piperazine rings is 1. The number of nitrogens with one attached hydrogen (secondary N) is 2. The summed E-state index contributed by atoms with van der Waals surface area (Å²) in [7, 11) is 5.12. The Bertz CT molecular complexity index is 2880. The van der Waals surface area contributed by atoms with E-state index in [0.717, 1.165) is 24.3 Å². The number of rotatable bonds is 5. The molecule has 1 fully saturated rings. The van der Waals surface area contributed by atoms with Gasteiger partial charge in [-0.2, -0.15) is 10.2 Å². The molecule has 75 heavy (non-hydrogen) atoms. The van der Waals surface area contributed by atoms with Gasteiger partial charge in [0.1, 0.15) is 23.4 Å². The number of benzene rings is 3. The molecule has 8 rings (SSSR count). The average molecular weight is 1060 g/mol. The van der Waals surface area contributed by atoms with Gasteiger partial charge in [0.25, 0.3) is 17.6 Å². The number of phenolic OH excluding ortho intramolecular Hbond substituents is 3. The van der Waals surface area contributed by atoms with Crippen LogP contribution >= 0.6 is 12.2 Å². The minimum atomic E-state index is -2.04. The van der Waals surface area contributed by atoms with E-state index in [9.17, 15) is 44.7 Å². The zero-order valence-electron chi connectivity index (χ0n) is 43.9. The molecular formula is C53H68N8O13S. The molecule has 0 aliphatic carbocycles. The van der Waals surface area contributed by atoms with Crippen molar-refractivity contribution in [2.45, 2.75) is 85.6 Å². The number of aromatic hydroxyl groups is 3. The number of allylic oxidation sites excluding steroid dienone is 2. The van der Waals surface area contributed by atoms with Crippen LogP contribution < -0.4 is 26.1 Å². The van der Waals surface area contributed by atoms with Gasteiger partial charge in [0.2, 0.25) is 0 Å². The summed E-state index contributed by atoms with van der Waals surface area (Å²) in [5.74, 6) is -8.52. The average Bonchev–Trinajstić information content (AvgIpc) is 3.78. The molecule has 0 aromatic heterocycles. The first-order valence-electron chi connectivity index (χ1n) is 24.4. The van der Waals surface area contributed by atoms with Crippen LogP contribution in [0.15, 0.2) is 70.6 Å². The fourth-order valence-electron chi connectivity index (χ4n) is 9.49. The molecule has 0 radical (unpaired) electrons. The van der Waals surface area contributed by atoms with Crippen molar-refractivity contribution in [2.75, 3.05) is 57.6 Å². The van der Waals surface area contributed by atoms with Crippen molar-refractivity contribution in [3.8, 4) is 23.0 Å². The number of aliphatic hydroxyl groups is 2. The topological polar surface area (TPSA) is 291 Å². The zero-order chi connectivity index (χ0) is 55.4. The van der Waals surface area contributed by atoms with Gasteiger partial charge < -0.3 is 65.3 Å². The fraction of sp³-hybridized carbons (Fsp3) is 0.453. The van der Waals surface area contributed by atoms with Crippen molar-refractivity contribution in [1.29, 1.82) is 0 Å². The van der Waals surface area contributed by atoms with E-state index in [1.165, 1.54) is 64.3 Å². The number of nitrogens with zero attached hydrogens (tertiary/aromatic N) is 5. The van der Waals surface area contributed by atoms with Gasteiger partial charge in [0.05, 0.1) is 58.7 Å². The highest BCUT2D eigenvalue weighted by Crippen LogP contribution is 2.55. The van der Waals surface area contributed by atoms with Crippen LogP contribution in [0, 0.1) is 30.6 Å². The van der Waals surface area contributed by atoms with Gasteiger partial charge in [-0.1, -0.05) is 64.1 Å². The highest BCUT2D eigenvalue weighted by atomic mass is 32.1. The second-order valence-corrected chi connectivity index (χ2v) is 19.9. The van der Waals surface area contributed by atoms with Crippen LogP contribution in [0.25, 0.3) is 10.8 Å². The quantitative estimate of drug-likeness (QED) is 0.0435. The summed E-state index contributed by atoms with van der Waals surface area (Å²) in [5.41, 5.74) is 9.27. The highest BCUT2D eigenvalue weighted by Gasteiger charge is 2.50. The van der Waals surface area contributed by atoms with E-state index in [1.807, 2.05) is 31.3 Å². The van der Waals surface area contributed by atoms with Crippen molar-refractivity contribution in [3.05, 3.63) is 82.7 Å². The second kappa shape index (κ2) is 23.6. The highest BCUT2D eigenvalue weighted by molar-refractivity contribution is 7.80. The third kappa shape index (κ3) is 11.9. The summed E-state index contributed by atoms with van der Waals surface area (Å²) in [6, 6.07) is 7.40. The first kappa shape index (κ1) is 57.2. The summed E-state index contributed by atoms with van der Waals surface area (Å²) in [6.45, 7) is 15.1. The molecule has 0 unspecified atom stereocenters. The number of hydrogen-bond acceptors (Lipinski definition) is 18. The number of hydrazone groups is 2. The van der Waals surface area contributed by atoms with E-state index >= 15 is 0 Å².